The molecule has 0 saturated carbocycles. The van der Waals surface area contributed by atoms with Crippen molar-refractivity contribution in [2.75, 3.05) is 22.1 Å². The van der Waals surface area contributed by atoms with Gasteiger partial charge in [0.05, 0.1) is 17.6 Å². The molecule has 2 aliphatic rings. The van der Waals surface area contributed by atoms with E-state index in [9.17, 15) is 18.4 Å². The van der Waals surface area contributed by atoms with Gasteiger partial charge in [-0.15, -0.1) is 0 Å². The fourth-order valence-electron chi connectivity index (χ4n) is 2.96. The number of hydrogen-bond donors (Lipinski definition) is 2. The first-order valence-electron chi connectivity index (χ1n) is 7.57. The lowest BCUT2D eigenvalue weighted by Gasteiger charge is -2.26. The second-order valence-electron chi connectivity index (χ2n) is 5.62. The maximum absolute atomic E-state index is 13.8. The van der Waals surface area contributed by atoms with Crippen LogP contribution < -0.4 is 15.5 Å². The first kappa shape index (κ1) is 15.3. The molecule has 2 aromatic rings. The summed E-state index contributed by atoms with van der Waals surface area (Å²) in [7, 11) is 0. The Balaban J connectivity index is 1.73. The molecule has 0 spiro atoms. The summed E-state index contributed by atoms with van der Waals surface area (Å²) in [5.74, 6) is -2.78. The largest absolute Gasteiger partial charge is 0.338 e. The molecule has 1 aromatic heterocycles. The zero-order valence-electron chi connectivity index (χ0n) is 12.8. The van der Waals surface area contributed by atoms with Crippen LogP contribution in [0.1, 0.15) is 6.42 Å². The number of carbonyl (C=O) groups excluding carboxylic acids is 2. The standard InChI is InChI=1S/C17H12F2N4O2/c18-9-2-1-3-10(19)15(9)22-17(25)14-13(24)5-7-23-12-4-6-20-8-11(12)21-16(14)23/h1-4,6,8,21H,5,7H2,(H,22,25). The van der Waals surface area contributed by atoms with Crippen LogP contribution in [0.5, 0.6) is 0 Å². The van der Waals surface area contributed by atoms with E-state index in [1.807, 2.05) is 0 Å². The number of anilines is 3. The van der Waals surface area contributed by atoms with Gasteiger partial charge in [-0.1, -0.05) is 6.07 Å². The number of aromatic nitrogens is 1. The number of para-hydroxylation sites is 1. The third-order valence-electron chi connectivity index (χ3n) is 4.12. The Morgan fingerprint density at radius 2 is 2.00 bits per heavy atom. The Bertz CT molecular complexity index is 922. The van der Waals surface area contributed by atoms with Crippen LogP contribution in [-0.2, 0) is 9.59 Å². The Hall–Kier alpha value is -3.29. The molecule has 0 saturated heterocycles. The molecule has 0 atom stereocenters. The van der Waals surface area contributed by atoms with Gasteiger partial charge in [0.1, 0.15) is 28.7 Å². The summed E-state index contributed by atoms with van der Waals surface area (Å²) in [6.07, 6.45) is 3.31. The average Bonchev–Trinajstić information content (AvgIpc) is 2.96. The second-order valence-corrected chi connectivity index (χ2v) is 5.62. The highest BCUT2D eigenvalue weighted by atomic mass is 19.1. The van der Waals surface area contributed by atoms with Crippen molar-refractivity contribution in [3.05, 3.63) is 59.7 Å². The summed E-state index contributed by atoms with van der Waals surface area (Å²) in [5, 5.41) is 5.15. The number of halogens is 2. The highest BCUT2D eigenvalue weighted by Crippen LogP contribution is 2.39. The predicted octanol–water partition coefficient (Wildman–Crippen LogP) is 2.41. The number of rotatable bonds is 2. The van der Waals surface area contributed by atoms with E-state index >= 15 is 0 Å². The molecule has 0 bridgehead atoms. The second kappa shape index (κ2) is 5.66. The van der Waals surface area contributed by atoms with Crippen molar-refractivity contribution in [2.24, 2.45) is 0 Å². The summed E-state index contributed by atoms with van der Waals surface area (Å²) < 4.78 is 27.5. The minimum atomic E-state index is -0.911. The Morgan fingerprint density at radius 1 is 1.24 bits per heavy atom. The van der Waals surface area contributed by atoms with Gasteiger partial charge in [-0.05, 0) is 18.2 Å². The first-order chi connectivity index (χ1) is 12.1. The van der Waals surface area contributed by atoms with Crippen LogP contribution in [0.3, 0.4) is 0 Å². The van der Waals surface area contributed by atoms with Crippen molar-refractivity contribution in [3.8, 4) is 0 Å². The number of pyridine rings is 1. The van der Waals surface area contributed by atoms with E-state index in [0.717, 1.165) is 17.8 Å². The van der Waals surface area contributed by atoms with E-state index in [2.05, 4.69) is 15.6 Å². The van der Waals surface area contributed by atoms with Crippen LogP contribution in [0.2, 0.25) is 0 Å². The van der Waals surface area contributed by atoms with Crippen molar-refractivity contribution in [1.82, 2.24) is 4.98 Å². The number of amides is 1. The van der Waals surface area contributed by atoms with Crippen LogP contribution in [-0.4, -0.2) is 23.2 Å². The van der Waals surface area contributed by atoms with Crippen LogP contribution in [0, 0.1) is 11.6 Å². The summed E-state index contributed by atoms with van der Waals surface area (Å²) in [4.78, 5) is 30.7. The number of fused-ring (bicyclic) bond motifs is 3. The molecule has 0 aliphatic carbocycles. The molecule has 1 amide bonds. The number of benzene rings is 1. The molecular formula is C17H12F2N4O2. The lowest BCUT2D eigenvalue weighted by atomic mass is 10.0. The number of ketones is 1. The predicted molar refractivity (Wildman–Crippen MR) is 86.8 cm³/mol. The minimum absolute atomic E-state index is 0.120. The molecule has 2 aliphatic heterocycles. The SMILES string of the molecule is O=C1CCN2C(=C1C(=O)Nc1c(F)cccc1F)Nc1cnccc12. The van der Waals surface area contributed by atoms with Crippen LogP contribution in [0.15, 0.2) is 48.1 Å². The fourth-order valence-corrected chi connectivity index (χ4v) is 2.96. The van der Waals surface area contributed by atoms with Gasteiger partial charge in [0, 0.05) is 19.2 Å². The zero-order chi connectivity index (χ0) is 17.6. The third-order valence-corrected chi connectivity index (χ3v) is 4.12. The molecular weight excluding hydrogens is 330 g/mol. The normalized spacial score (nSPS) is 15.6. The van der Waals surface area contributed by atoms with Crippen LogP contribution in [0.4, 0.5) is 25.8 Å². The van der Waals surface area contributed by atoms with Gasteiger partial charge in [0.15, 0.2) is 5.78 Å². The van der Waals surface area contributed by atoms with Crippen molar-refractivity contribution >= 4 is 28.8 Å². The fraction of sp³-hybridized carbons (Fsp3) is 0.118. The number of nitrogens with zero attached hydrogens (tertiary/aromatic N) is 2. The number of nitrogens with one attached hydrogen (secondary N) is 2. The first-order valence-corrected chi connectivity index (χ1v) is 7.57. The Labute approximate surface area is 141 Å². The van der Waals surface area contributed by atoms with Crippen molar-refractivity contribution in [2.45, 2.75) is 6.42 Å². The topological polar surface area (TPSA) is 74.3 Å². The average molecular weight is 342 g/mol. The van der Waals surface area contributed by atoms with E-state index in [4.69, 9.17) is 0 Å². The molecule has 8 heteroatoms. The molecule has 6 nitrogen and oxygen atoms in total. The molecule has 0 radical (unpaired) electrons. The third kappa shape index (κ3) is 2.42. The lowest BCUT2D eigenvalue weighted by molar-refractivity contribution is -0.120. The van der Waals surface area contributed by atoms with Crippen molar-refractivity contribution in [3.63, 3.8) is 0 Å². The molecule has 2 N–H and O–H groups in total. The van der Waals surface area contributed by atoms with Crippen LogP contribution in [0.25, 0.3) is 0 Å². The van der Waals surface area contributed by atoms with Gasteiger partial charge in [-0.25, -0.2) is 8.78 Å². The molecule has 1 aromatic carbocycles. The van der Waals surface area contributed by atoms with E-state index in [1.165, 1.54) is 6.07 Å². The van der Waals surface area contributed by atoms with E-state index in [0.29, 0.717) is 18.1 Å². The minimum Gasteiger partial charge on any atom is -0.338 e. The van der Waals surface area contributed by atoms with Gasteiger partial charge >= 0.3 is 0 Å². The van der Waals surface area contributed by atoms with E-state index in [1.54, 1.807) is 23.4 Å². The van der Waals surface area contributed by atoms with Gasteiger partial charge in [-0.2, -0.15) is 0 Å². The van der Waals surface area contributed by atoms with Gasteiger partial charge in [0.25, 0.3) is 5.91 Å². The van der Waals surface area contributed by atoms with E-state index in [-0.39, 0.29) is 12.0 Å². The lowest BCUT2D eigenvalue weighted by Crippen LogP contribution is -2.37. The molecule has 4 rings (SSSR count). The molecule has 126 valence electrons. The number of hydrogen-bond acceptors (Lipinski definition) is 5. The number of Topliss-reactive ketones (excluding diaryl/α,β-unsaturated/α-hetero) is 1. The van der Waals surface area contributed by atoms with Gasteiger partial charge < -0.3 is 15.5 Å². The number of carbonyl (C=O) groups is 2. The quantitative estimate of drug-likeness (QED) is 0.820. The molecule has 0 fully saturated rings. The maximum atomic E-state index is 13.8. The van der Waals surface area contributed by atoms with Crippen molar-refractivity contribution in [1.29, 1.82) is 0 Å². The summed E-state index contributed by atoms with van der Waals surface area (Å²) in [6.45, 7) is 0.406. The summed E-state index contributed by atoms with van der Waals surface area (Å²) in [6, 6.07) is 5.01. The Morgan fingerprint density at radius 3 is 2.76 bits per heavy atom. The monoisotopic (exact) mass is 342 g/mol. The van der Waals surface area contributed by atoms with E-state index < -0.39 is 29.0 Å². The maximum Gasteiger partial charge on any atom is 0.263 e. The van der Waals surface area contributed by atoms with Gasteiger partial charge in [-0.3, -0.25) is 14.6 Å². The molecule has 0 unspecified atom stereocenters. The summed E-state index contributed by atoms with van der Waals surface area (Å²) in [5.41, 5.74) is 0.710. The highest BCUT2D eigenvalue weighted by molar-refractivity contribution is 6.25. The zero-order valence-corrected chi connectivity index (χ0v) is 12.8. The van der Waals surface area contributed by atoms with Gasteiger partial charge in [0.2, 0.25) is 0 Å². The van der Waals surface area contributed by atoms with Crippen LogP contribution >= 0.6 is 0 Å². The highest BCUT2D eigenvalue weighted by Gasteiger charge is 2.36. The Kier molecular flexibility index (Phi) is 3.45. The summed E-state index contributed by atoms with van der Waals surface area (Å²) >= 11 is 0. The molecule has 3 heterocycles. The molecule has 25 heavy (non-hydrogen) atoms. The van der Waals surface area contributed by atoms with Crippen molar-refractivity contribution < 1.29 is 18.4 Å². The smallest absolute Gasteiger partial charge is 0.263 e.